The summed E-state index contributed by atoms with van der Waals surface area (Å²) in [4.78, 5) is 0. The van der Waals surface area contributed by atoms with E-state index in [1.807, 2.05) is 25.1 Å². The van der Waals surface area contributed by atoms with Crippen LogP contribution in [0.25, 0.3) is 0 Å². The van der Waals surface area contributed by atoms with Crippen LogP contribution < -0.4 is 10.0 Å². The molecule has 130 valence electrons. The van der Waals surface area contributed by atoms with Gasteiger partial charge in [0.1, 0.15) is 11.6 Å². The second-order valence-corrected chi connectivity index (χ2v) is 8.24. The van der Waals surface area contributed by atoms with Crippen LogP contribution in [0.15, 0.2) is 36.4 Å². The lowest BCUT2D eigenvalue weighted by atomic mass is 9.89. The van der Waals surface area contributed by atoms with Gasteiger partial charge >= 0.3 is 0 Å². The maximum Gasteiger partial charge on any atom is 0.130 e. The van der Waals surface area contributed by atoms with Crippen molar-refractivity contribution in [3.05, 3.63) is 58.9 Å². The minimum atomic E-state index is -0.0890. The SMILES string of the molecule is CCCC(CC)(Pc1ccc(C)cc1F)c1cc(C)ccc1OC. The summed E-state index contributed by atoms with van der Waals surface area (Å²) in [5.41, 5.74) is 3.40. The summed E-state index contributed by atoms with van der Waals surface area (Å²) in [6.45, 7) is 8.43. The van der Waals surface area contributed by atoms with Crippen molar-refractivity contribution >= 4 is 13.9 Å². The maximum absolute atomic E-state index is 14.5. The lowest BCUT2D eigenvalue weighted by Crippen LogP contribution is -2.24. The third kappa shape index (κ3) is 3.98. The minimum Gasteiger partial charge on any atom is -0.496 e. The van der Waals surface area contributed by atoms with Crippen molar-refractivity contribution in [2.75, 3.05) is 7.11 Å². The first-order chi connectivity index (χ1) is 11.5. The molecule has 0 aliphatic heterocycles. The molecule has 0 N–H and O–H groups in total. The van der Waals surface area contributed by atoms with Crippen molar-refractivity contribution in [3.63, 3.8) is 0 Å². The molecule has 0 fully saturated rings. The van der Waals surface area contributed by atoms with Crippen molar-refractivity contribution in [1.82, 2.24) is 0 Å². The van der Waals surface area contributed by atoms with Crippen molar-refractivity contribution < 1.29 is 9.13 Å². The summed E-state index contributed by atoms with van der Waals surface area (Å²) in [6.07, 6.45) is 3.05. The van der Waals surface area contributed by atoms with E-state index in [-0.39, 0.29) is 11.0 Å². The summed E-state index contributed by atoms with van der Waals surface area (Å²) in [6, 6.07) is 11.9. The molecule has 0 aromatic heterocycles. The fourth-order valence-electron chi connectivity index (χ4n) is 3.32. The molecule has 0 radical (unpaired) electrons. The van der Waals surface area contributed by atoms with E-state index in [2.05, 4.69) is 32.9 Å². The number of aryl methyl sites for hydroxylation is 2. The Balaban J connectivity index is 2.56. The first-order valence-corrected chi connectivity index (χ1v) is 9.65. The Labute approximate surface area is 147 Å². The number of benzene rings is 2. The normalized spacial score (nSPS) is 14.1. The van der Waals surface area contributed by atoms with Crippen LogP contribution in [0.3, 0.4) is 0 Å². The monoisotopic (exact) mass is 346 g/mol. The van der Waals surface area contributed by atoms with Crippen LogP contribution in [0.1, 0.15) is 49.8 Å². The van der Waals surface area contributed by atoms with Crippen LogP contribution >= 0.6 is 8.58 Å². The number of methoxy groups -OCH3 is 1. The molecule has 2 unspecified atom stereocenters. The molecule has 0 spiro atoms. The number of ether oxygens (including phenoxy) is 1. The number of halogens is 1. The van der Waals surface area contributed by atoms with E-state index >= 15 is 0 Å². The predicted molar refractivity (Wildman–Crippen MR) is 104 cm³/mol. The Morgan fingerprint density at radius 1 is 1.04 bits per heavy atom. The van der Waals surface area contributed by atoms with E-state index < -0.39 is 0 Å². The largest absolute Gasteiger partial charge is 0.496 e. The molecule has 1 nitrogen and oxygen atoms in total. The fourth-order valence-corrected chi connectivity index (χ4v) is 5.08. The van der Waals surface area contributed by atoms with Gasteiger partial charge in [0.25, 0.3) is 0 Å². The summed E-state index contributed by atoms with van der Waals surface area (Å²) in [7, 11) is 2.10. The van der Waals surface area contributed by atoms with Crippen LogP contribution in [-0.4, -0.2) is 7.11 Å². The first-order valence-electron chi connectivity index (χ1n) is 8.65. The molecule has 2 aromatic carbocycles. The molecule has 24 heavy (non-hydrogen) atoms. The standard InChI is InChI=1S/C21H28FOP/c1-6-12-21(7-2,17-13-15(3)8-10-19(17)23-5)24-20-11-9-16(4)14-18(20)22/h8-11,13-14,24H,6-7,12H2,1-5H3. The lowest BCUT2D eigenvalue weighted by Gasteiger charge is -2.35. The zero-order valence-corrected chi connectivity index (χ0v) is 16.4. The average molecular weight is 346 g/mol. The molecule has 0 aliphatic carbocycles. The van der Waals surface area contributed by atoms with Crippen LogP contribution in [0.5, 0.6) is 5.75 Å². The van der Waals surface area contributed by atoms with Crippen LogP contribution in [-0.2, 0) is 5.16 Å². The molecule has 0 saturated carbocycles. The Kier molecular flexibility index (Phi) is 6.40. The summed E-state index contributed by atoms with van der Waals surface area (Å²) >= 11 is 0. The molecular weight excluding hydrogens is 318 g/mol. The van der Waals surface area contributed by atoms with Gasteiger partial charge in [-0.05, 0) is 44.4 Å². The summed E-state index contributed by atoms with van der Waals surface area (Å²) in [5, 5.41) is 0.738. The summed E-state index contributed by atoms with van der Waals surface area (Å²) in [5.74, 6) is 0.824. The van der Waals surface area contributed by atoms with Gasteiger partial charge in [-0.25, -0.2) is 4.39 Å². The Morgan fingerprint density at radius 2 is 1.71 bits per heavy atom. The smallest absolute Gasteiger partial charge is 0.130 e. The number of hydrogen-bond donors (Lipinski definition) is 0. The minimum absolute atomic E-state index is 0.0811. The fraction of sp³-hybridized carbons (Fsp3) is 0.429. The van der Waals surface area contributed by atoms with Crippen LogP contribution in [0.4, 0.5) is 4.39 Å². The van der Waals surface area contributed by atoms with Crippen LogP contribution in [0.2, 0.25) is 0 Å². The van der Waals surface area contributed by atoms with Crippen LogP contribution in [0, 0.1) is 19.7 Å². The van der Waals surface area contributed by atoms with Crippen molar-refractivity contribution in [2.24, 2.45) is 0 Å². The highest BCUT2D eigenvalue weighted by Gasteiger charge is 2.33. The summed E-state index contributed by atoms with van der Waals surface area (Å²) < 4.78 is 20.2. The molecule has 0 amide bonds. The second kappa shape index (κ2) is 8.12. The zero-order chi connectivity index (χ0) is 17.7. The third-order valence-corrected chi connectivity index (χ3v) is 6.68. The van der Waals surface area contributed by atoms with E-state index in [0.717, 1.165) is 35.9 Å². The number of hydrogen-bond acceptors (Lipinski definition) is 1. The third-order valence-electron chi connectivity index (χ3n) is 4.65. The van der Waals surface area contributed by atoms with E-state index in [4.69, 9.17) is 4.74 Å². The van der Waals surface area contributed by atoms with Gasteiger partial charge in [-0.2, -0.15) is 0 Å². The Hall–Kier alpha value is -1.40. The van der Waals surface area contributed by atoms with Crippen molar-refractivity contribution in [3.8, 4) is 5.75 Å². The molecule has 0 aliphatic rings. The Morgan fingerprint density at radius 3 is 2.29 bits per heavy atom. The average Bonchev–Trinajstić information content (AvgIpc) is 2.56. The highest BCUT2D eigenvalue weighted by molar-refractivity contribution is 7.48. The molecular formula is C21H28FOP. The van der Waals surface area contributed by atoms with E-state index in [1.165, 1.54) is 11.1 Å². The molecule has 2 aromatic rings. The molecule has 2 rings (SSSR count). The van der Waals surface area contributed by atoms with Gasteiger partial charge in [0, 0.05) is 16.0 Å². The second-order valence-electron chi connectivity index (χ2n) is 6.50. The lowest BCUT2D eigenvalue weighted by molar-refractivity contribution is 0.396. The molecule has 0 saturated heterocycles. The molecule has 0 bridgehead atoms. The van der Waals surface area contributed by atoms with E-state index in [0.29, 0.717) is 8.58 Å². The van der Waals surface area contributed by atoms with Gasteiger partial charge in [-0.3, -0.25) is 0 Å². The first kappa shape index (κ1) is 18.9. The van der Waals surface area contributed by atoms with E-state index in [9.17, 15) is 4.39 Å². The maximum atomic E-state index is 14.5. The van der Waals surface area contributed by atoms with Gasteiger partial charge in [0.05, 0.1) is 7.11 Å². The molecule has 0 heterocycles. The highest BCUT2D eigenvalue weighted by atomic mass is 31.1. The molecule has 2 atom stereocenters. The zero-order valence-electron chi connectivity index (χ0n) is 15.4. The number of rotatable bonds is 7. The highest BCUT2D eigenvalue weighted by Crippen LogP contribution is 2.51. The van der Waals surface area contributed by atoms with Gasteiger partial charge in [0.2, 0.25) is 0 Å². The van der Waals surface area contributed by atoms with Gasteiger partial charge in [-0.15, -0.1) is 0 Å². The topological polar surface area (TPSA) is 9.23 Å². The quantitative estimate of drug-likeness (QED) is 0.571. The van der Waals surface area contributed by atoms with Crippen molar-refractivity contribution in [1.29, 1.82) is 0 Å². The van der Waals surface area contributed by atoms with E-state index in [1.54, 1.807) is 13.2 Å². The predicted octanol–water partition coefficient (Wildman–Crippen LogP) is 5.86. The van der Waals surface area contributed by atoms with Gasteiger partial charge < -0.3 is 4.74 Å². The van der Waals surface area contributed by atoms with Gasteiger partial charge in [0.15, 0.2) is 0 Å². The molecule has 3 heteroatoms. The van der Waals surface area contributed by atoms with Crippen molar-refractivity contribution in [2.45, 2.75) is 52.1 Å². The Bertz CT molecular complexity index is 698. The van der Waals surface area contributed by atoms with Gasteiger partial charge in [-0.1, -0.05) is 58.7 Å².